The zero-order valence-electron chi connectivity index (χ0n) is 16.3. The van der Waals surface area contributed by atoms with Gasteiger partial charge in [0, 0.05) is 23.4 Å². The average molecular weight is 442 g/mol. The second kappa shape index (κ2) is 7.30. The van der Waals surface area contributed by atoms with Gasteiger partial charge in [0.15, 0.2) is 9.84 Å². The van der Waals surface area contributed by atoms with Crippen molar-refractivity contribution in [1.82, 2.24) is 3.97 Å². The van der Waals surface area contributed by atoms with Gasteiger partial charge in [0.1, 0.15) is 5.75 Å². The highest BCUT2D eigenvalue weighted by molar-refractivity contribution is 7.90. The van der Waals surface area contributed by atoms with E-state index < -0.39 is 19.9 Å². The monoisotopic (exact) mass is 441 g/mol. The third kappa shape index (κ3) is 3.48. The Labute approximate surface area is 175 Å². The van der Waals surface area contributed by atoms with Crippen molar-refractivity contribution in [1.29, 1.82) is 0 Å². The molecule has 0 saturated heterocycles. The summed E-state index contributed by atoms with van der Waals surface area (Å²) in [6.45, 7) is 0. The maximum atomic E-state index is 13.3. The smallest absolute Gasteiger partial charge is 0.268 e. The Balaban J connectivity index is 1.89. The van der Waals surface area contributed by atoms with Gasteiger partial charge in [-0.15, -0.1) is 0 Å². The third-order valence-corrected chi connectivity index (χ3v) is 7.71. The molecule has 0 bridgehead atoms. The molecular formula is C22H19NO5S2. The van der Waals surface area contributed by atoms with Crippen molar-refractivity contribution in [3.8, 4) is 16.9 Å². The lowest BCUT2D eigenvalue weighted by molar-refractivity contribution is 0.414. The molecule has 0 spiro atoms. The first-order chi connectivity index (χ1) is 14.2. The first kappa shape index (κ1) is 20.2. The molecule has 4 rings (SSSR count). The normalized spacial score (nSPS) is 12.2. The van der Waals surface area contributed by atoms with Crippen LogP contribution in [-0.4, -0.2) is 34.2 Å². The number of para-hydroxylation sites is 1. The van der Waals surface area contributed by atoms with Crippen LogP contribution in [-0.2, 0) is 19.9 Å². The molecule has 0 aliphatic rings. The largest absolute Gasteiger partial charge is 0.497 e. The van der Waals surface area contributed by atoms with Crippen LogP contribution in [0, 0.1) is 0 Å². The van der Waals surface area contributed by atoms with Gasteiger partial charge < -0.3 is 4.74 Å². The fourth-order valence-electron chi connectivity index (χ4n) is 3.34. The first-order valence-electron chi connectivity index (χ1n) is 9.02. The molecule has 6 nitrogen and oxygen atoms in total. The van der Waals surface area contributed by atoms with Crippen molar-refractivity contribution < 1.29 is 21.6 Å². The lowest BCUT2D eigenvalue weighted by Gasteiger charge is -2.12. The van der Waals surface area contributed by atoms with Crippen LogP contribution in [0.2, 0.25) is 0 Å². The maximum Gasteiger partial charge on any atom is 0.268 e. The van der Waals surface area contributed by atoms with Crippen LogP contribution >= 0.6 is 0 Å². The number of fused-ring (bicyclic) bond motifs is 1. The van der Waals surface area contributed by atoms with E-state index in [1.165, 1.54) is 41.5 Å². The van der Waals surface area contributed by atoms with E-state index in [-0.39, 0.29) is 9.79 Å². The number of ether oxygens (including phenoxy) is 1. The zero-order chi connectivity index (χ0) is 21.5. The summed E-state index contributed by atoms with van der Waals surface area (Å²) in [6, 6.07) is 19.9. The van der Waals surface area contributed by atoms with Crippen molar-refractivity contribution in [2.24, 2.45) is 0 Å². The van der Waals surface area contributed by atoms with Crippen LogP contribution in [0.15, 0.2) is 88.8 Å². The highest BCUT2D eigenvalue weighted by Crippen LogP contribution is 2.32. The summed E-state index contributed by atoms with van der Waals surface area (Å²) in [6.07, 6.45) is 2.67. The van der Waals surface area contributed by atoms with E-state index in [1.54, 1.807) is 30.3 Å². The summed E-state index contributed by atoms with van der Waals surface area (Å²) >= 11 is 0. The zero-order valence-corrected chi connectivity index (χ0v) is 17.9. The number of methoxy groups -OCH3 is 1. The van der Waals surface area contributed by atoms with Crippen molar-refractivity contribution in [2.75, 3.05) is 13.4 Å². The Morgan fingerprint density at radius 3 is 2.00 bits per heavy atom. The molecule has 154 valence electrons. The number of sulfone groups is 1. The van der Waals surface area contributed by atoms with Gasteiger partial charge in [0.05, 0.1) is 22.4 Å². The summed E-state index contributed by atoms with van der Waals surface area (Å²) in [7, 11) is -5.64. The number of nitrogens with zero attached hydrogens (tertiary/aromatic N) is 1. The number of hydrogen-bond donors (Lipinski definition) is 0. The molecule has 0 atom stereocenters. The van der Waals surface area contributed by atoms with E-state index in [9.17, 15) is 16.8 Å². The molecule has 1 aromatic heterocycles. The summed E-state index contributed by atoms with van der Waals surface area (Å²) in [5.74, 6) is 0.568. The molecule has 0 amide bonds. The highest BCUT2D eigenvalue weighted by Gasteiger charge is 2.21. The summed E-state index contributed by atoms with van der Waals surface area (Å²) < 4.78 is 56.5. The van der Waals surface area contributed by atoms with Crippen LogP contribution < -0.4 is 4.74 Å². The van der Waals surface area contributed by atoms with E-state index in [0.29, 0.717) is 16.8 Å². The molecule has 0 unspecified atom stereocenters. The van der Waals surface area contributed by atoms with Crippen LogP contribution in [0.5, 0.6) is 5.75 Å². The third-order valence-electron chi connectivity index (χ3n) is 4.89. The predicted octanol–water partition coefficient (Wildman–Crippen LogP) is 3.96. The van der Waals surface area contributed by atoms with Crippen LogP contribution in [0.1, 0.15) is 0 Å². The molecular weight excluding hydrogens is 422 g/mol. The Hall–Kier alpha value is -3.10. The molecule has 3 aromatic carbocycles. The van der Waals surface area contributed by atoms with Crippen molar-refractivity contribution in [3.05, 3.63) is 79.0 Å². The lowest BCUT2D eigenvalue weighted by Crippen LogP contribution is -2.12. The van der Waals surface area contributed by atoms with Gasteiger partial charge >= 0.3 is 0 Å². The Kier molecular flexibility index (Phi) is 4.91. The molecule has 0 saturated carbocycles. The van der Waals surface area contributed by atoms with E-state index in [4.69, 9.17) is 4.74 Å². The van der Waals surface area contributed by atoms with Gasteiger partial charge in [-0.25, -0.2) is 20.8 Å². The molecule has 0 aliphatic heterocycles. The number of hydrogen-bond acceptors (Lipinski definition) is 5. The quantitative estimate of drug-likeness (QED) is 0.468. The fourth-order valence-corrected chi connectivity index (χ4v) is 5.34. The molecule has 1 heterocycles. The minimum atomic E-state index is -3.84. The molecule has 0 radical (unpaired) electrons. The topological polar surface area (TPSA) is 82.4 Å². The minimum absolute atomic E-state index is 0.142. The number of benzene rings is 3. The van der Waals surface area contributed by atoms with Gasteiger partial charge in [-0.1, -0.05) is 30.3 Å². The van der Waals surface area contributed by atoms with Crippen LogP contribution in [0.25, 0.3) is 22.0 Å². The van der Waals surface area contributed by atoms with E-state index in [2.05, 4.69) is 0 Å². The van der Waals surface area contributed by atoms with E-state index >= 15 is 0 Å². The summed E-state index contributed by atoms with van der Waals surface area (Å²) in [5, 5.41) is 0.761. The first-order valence-corrected chi connectivity index (χ1v) is 12.4. The molecule has 0 fully saturated rings. The second-order valence-electron chi connectivity index (χ2n) is 6.83. The molecule has 30 heavy (non-hydrogen) atoms. The SMILES string of the molecule is COc1ccc(S(=O)(=O)n2ccc3cccc(-c4ccc(S(C)(=O)=O)cc4)c32)cc1. The summed E-state index contributed by atoms with van der Waals surface area (Å²) in [4.78, 5) is 0.350. The minimum Gasteiger partial charge on any atom is -0.497 e. The van der Waals surface area contributed by atoms with Crippen LogP contribution in [0.3, 0.4) is 0 Å². The van der Waals surface area contributed by atoms with Crippen molar-refractivity contribution in [2.45, 2.75) is 9.79 Å². The Morgan fingerprint density at radius 2 is 1.40 bits per heavy atom. The van der Waals surface area contributed by atoms with Crippen molar-refractivity contribution >= 4 is 30.8 Å². The highest BCUT2D eigenvalue weighted by atomic mass is 32.2. The number of aromatic nitrogens is 1. The van der Waals surface area contributed by atoms with Gasteiger partial charge in [-0.2, -0.15) is 0 Å². The predicted molar refractivity (Wildman–Crippen MR) is 116 cm³/mol. The molecule has 8 heteroatoms. The van der Waals surface area contributed by atoms with Crippen LogP contribution in [0.4, 0.5) is 0 Å². The molecule has 0 N–H and O–H groups in total. The van der Waals surface area contributed by atoms with Gasteiger partial charge in [0.25, 0.3) is 10.0 Å². The fraction of sp³-hybridized carbons (Fsp3) is 0.0909. The van der Waals surface area contributed by atoms with Gasteiger partial charge in [0.2, 0.25) is 0 Å². The second-order valence-corrected chi connectivity index (χ2v) is 10.7. The average Bonchev–Trinajstić information content (AvgIpc) is 3.18. The maximum absolute atomic E-state index is 13.3. The van der Waals surface area contributed by atoms with Crippen molar-refractivity contribution in [3.63, 3.8) is 0 Å². The number of rotatable bonds is 5. The molecule has 4 aromatic rings. The van der Waals surface area contributed by atoms with Gasteiger partial charge in [-0.05, 0) is 48.0 Å². The summed E-state index contributed by atoms with van der Waals surface area (Å²) in [5.41, 5.74) is 1.94. The van der Waals surface area contributed by atoms with E-state index in [1.807, 2.05) is 18.2 Å². The van der Waals surface area contributed by atoms with Gasteiger partial charge in [-0.3, -0.25) is 0 Å². The Bertz CT molecular complexity index is 1430. The molecule has 0 aliphatic carbocycles. The standard InChI is InChI=1S/C22H19NO5S2/c1-28-18-8-12-20(13-9-18)30(26,27)23-15-14-17-4-3-5-21(22(17)23)16-6-10-19(11-7-16)29(2,24)25/h3-15H,1-2H3. The Morgan fingerprint density at radius 1 is 0.767 bits per heavy atom. The lowest BCUT2D eigenvalue weighted by atomic mass is 10.0. The van der Waals surface area contributed by atoms with E-state index in [0.717, 1.165) is 17.2 Å².